The summed E-state index contributed by atoms with van der Waals surface area (Å²) < 4.78 is 5.24. The highest BCUT2D eigenvalue weighted by Gasteiger charge is 2.14. The molecule has 17 heavy (non-hydrogen) atoms. The summed E-state index contributed by atoms with van der Waals surface area (Å²) in [5.74, 6) is 0.618. The molecule has 0 aromatic heterocycles. The fourth-order valence-corrected chi connectivity index (χ4v) is 1.54. The van der Waals surface area contributed by atoms with Crippen LogP contribution in [-0.2, 0) is 4.79 Å². The first-order valence-corrected chi connectivity index (χ1v) is 5.67. The highest BCUT2D eigenvalue weighted by atomic mass is 35.5. The van der Waals surface area contributed by atoms with Crippen LogP contribution >= 0.6 is 11.6 Å². The van der Waals surface area contributed by atoms with Crippen molar-refractivity contribution in [3.63, 3.8) is 0 Å². The first-order chi connectivity index (χ1) is 8.06. The zero-order valence-electron chi connectivity index (χ0n) is 10.2. The Morgan fingerprint density at radius 1 is 1.41 bits per heavy atom. The van der Waals surface area contributed by atoms with Crippen LogP contribution in [-0.4, -0.2) is 19.6 Å². The molecule has 0 fully saturated rings. The van der Waals surface area contributed by atoms with Crippen LogP contribution < -0.4 is 9.64 Å². The molecular formula is C13H16ClNO2. The summed E-state index contributed by atoms with van der Waals surface area (Å²) in [5.41, 5.74) is 0.747. The van der Waals surface area contributed by atoms with Gasteiger partial charge in [-0.15, -0.1) is 0 Å². The highest BCUT2D eigenvalue weighted by Crippen LogP contribution is 2.27. The Balaban J connectivity index is 3.05. The lowest BCUT2D eigenvalue weighted by Gasteiger charge is -2.21. The molecule has 0 spiro atoms. The van der Waals surface area contributed by atoms with Crippen LogP contribution in [0.1, 0.15) is 13.8 Å². The molecule has 1 aromatic carbocycles. The molecule has 1 aromatic rings. The molecule has 0 radical (unpaired) electrons. The molecule has 0 N–H and O–H groups in total. The molecule has 0 heterocycles. The van der Waals surface area contributed by atoms with Crippen molar-refractivity contribution in [2.45, 2.75) is 13.8 Å². The van der Waals surface area contributed by atoms with Crippen molar-refractivity contribution in [2.24, 2.45) is 0 Å². The van der Waals surface area contributed by atoms with Crippen LogP contribution in [0.2, 0.25) is 0 Å². The molecule has 92 valence electrons. The number of carbonyl (C=O) groups excluding carboxylic acids is 1. The van der Waals surface area contributed by atoms with Crippen LogP contribution in [0.4, 0.5) is 5.69 Å². The van der Waals surface area contributed by atoms with Gasteiger partial charge in [0.2, 0.25) is 5.91 Å². The van der Waals surface area contributed by atoms with E-state index >= 15 is 0 Å². The van der Waals surface area contributed by atoms with E-state index in [1.165, 1.54) is 6.92 Å². The Hall–Kier alpha value is -1.48. The normalized spacial score (nSPS) is 11.2. The summed E-state index contributed by atoms with van der Waals surface area (Å²) in [6.07, 6.45) is 1.79. The number of amides is 1. The van der Waals surface area contributed by atoms with E-state index in [9.17, 15) is 4.79 Å². The second kappa shape index (κ2) is 6.30. The van der Waals surface area contributed by atoms with Gasteiger partial charge in [0.15, 0.2) is 0 Å². The van der Waals surface area contributed by atoms with E-state index < -0.39 is 0 Å². The SMILES string of the molecule is COc1ccccc1N(C/C=C(/C)Cl)C(C)=O. The van der Waals surface area contributed by atoms with Crippen molar-refractivity contribution in [1.29, 1.82) is 0 Å². The number of para-hydroxylation sites is 2. The molecule has 3 nitrogen and oxygen atoms in total. The number of allylic oxidation sites excluding steroid dienone is 1. The molecule has 0 atom stereocenters. The monoisotopic (exact) mass is 253 g/mol. The average Bonchev–Trinajstić information content (AvgIpc) is 2.29. The van der Waals surface area contributed by atoms with Crippen molar-refractivity contribution in [1.82, 2.24) is 0 Å². The molecule has 4 heteroatoms. The Bertz CT molecular complexity index is 425. The molecular weight excluding hydrogens is 238 g/mol. The molecule has 1 rings (SSSR count). The van der Waals surface area contributed by atoms with Crippen LogP contribution in [0.3, 0.4) is 0 Å². The Labute approximate surface area is 107 Å². The van der Waals surface area contributed by atoms with Gasteiger partial charge >= 0.3 is 0 Å². The number of hydrogen-bond donors (Lipinski definition) is 0. The zero-order chi connectivity index (χ0) is 12.8. The third-order valence-corrected chi connectivity index (χ3v) is 2.47. The fourth-order valence-electron chi connectivity index (χ4n) is 1.47. The summed E-state index contributed by atoms with van der Waals surface area (Å²) >= 11 is 5.78. The second-order valence-electron chi connectivity index (χ2n) is 3.59. The van der Waals surface area contributed by atoms with Crippen molar-refractivity contribution < 1.29 is 9.53 Å². The van der Waals surface area contributed by atoms with Gasteiger partial charge in [-0.25, -0.2) is 0 Å². The van der Waals surface area contributed by atoms with Crippen molar-refractivity contribution >= 4 is 23.2 Å². The maximum atomic E-state index is 11.6. The van der Waals surface area contributed by atoms with Crippen LogP contribution in [0, 0.1) is 0 Å². The van der Waals surface area contributed by atoms with E-state index in [0.717, 1.165) is 5.69 Å². The number of benzene rings is 1. The van der Waals surface area contributed by atoms with Gasteiger partial charge in [-0.05, 0) is 19.1 Å². The molecule has 0 unspecified atom stereocenters. The van der Waals surface area contributed by atoms with E-state index in [4.69, 9.17) is 16.3 Å². The summed E-state index contributed by atoms with van der Waals surface area (Å²) in [7, 11) is 1.58. The van der Waals surface area contributed by atoms with Crippen LogP contribution in [0.5, 0.6) is 5.75 Å². The van der Waals surface area contributed by atoms with E-state index in [2.05, 4.69) is 0 Å². The van der Waals surface area contributed by atoms with Crippen LogP contribution in [0.25, 0.3) is 0 Å². The lowest BCUT2D eigenvalue weighted by atomic mass is 10.2. The molecule has 0 aliphatic rings. The summed E-state index contributed by atoms with van der Waals surface area (Å²) in [5, 5.41) is 0.658. The van der Waals surface area contributed by atoms with Crippen LogP contribution in [0.15, 0.2) is 35.4 Å². The predicted molar refractivity (Wildman–Crippen MR) is 70.6 cm³/mol. The molecule has 1 amide bonds. The summed E-state index contributed by atoms with van der Waals surface area (Å²) in [4.78, 5) is 13.2. The number of ether oxygens (including phenoxy) is 1. The van der Waals surface area contributed by atoms with Crippen molar-refractivity contribution in [3.8, 4) is 5.75 Å². The Morgan fingerprint density at radius 3 is 2.59 bits per heavy atom. The minimum absolute atomic E-state index is 0.0522. The number of halogens is 1. The van der Waals surface area contributed by atoms with E-state index in [1.807, 2.05) is 24.3 Å². The molecule has 0 saturated heterocycles. The maximum absolute atomic E-state index is 11.6. The summed E-state index contributed by atoms with van der Waals surface area (Å²) in [6, 6.07) is 7.40. The smallest absolute Gasteiger partial charge is 0.224 e. The first-order valence-electron chi connectivity index (χ1n) is 5.29. The Kier molecular flexibility index (Phi) is 5.04. The quantitative estimate of drug-likeness (QED) is 0.825. The van der Waals surface area contributed by atoms with Crippen molar-refractivity contribution in [3.05, 3.63) is 35.4 Å². The van der Waals surface area contributed by atoms with E-state index in [-0.39, 0.29) is 5.91 Å². The van der Waals surface area contributed by atoms with Gasteiger partial charge in [-0.2, -0.15) is 0 Å². The third kappa shape index (κ3) is 3.79. The average molecular weight is 254 g/mol. The molecule has 0 aliphatic carbocycles. The van der Waals surface area contributed by atoms with Gasteiger partial charge in [0.25, 0.3) is 0 Å². The number of nitrogens with zero attached hydrogens (tertiary/aromatic N) is 1. The standard InChI is InChI=1S/C13H16ClNO2/c1-10(14)8-9-15(11(2)16)12-6-4-5-7-13(12)17-3/h4-8H,9H2,1-3H3/b10-8-. The van der Waals surface area contributed by atoms with Gasteiger partial charge in [0, 0.05) is 18.5 Å². The lowest BCUT2D eigenvalue weighted by Crippen LogP contribution is -2.29. The molecule has 0 bridgehead atoms. The first kappa shape index (κ1) is 13.6. The highest BCUT2D eigenvalue weighted by molar-refractivity contribution is 6.29. The lowest BCUT2D eigenvalue weighted by molar-refractivity contribution is -0.116. The summed E-state index contributed by atoms with van der Waals surface area (Å²) in [6.45, 7) is 3.73. The number of carbonyl (C=O) groups is 1. The zero-order valence-corrected chi connectivity index (χ0v) is 11.0. The Morgan fingerprint density at radius 2 is 2.06 bits per heavy atom. The molecule has 0 saturated carbocycles. The van der Waals surface area contributed by atoms with Crippen molar-refractivity contribution in [2.75, 3.05) is 18.6 Å². The van der Waals surface area contributed by atoms with Gasteiger partial charge in [0.05, 0.1) is 12.8 Å². The number of anilines is 1. The second-order valence-corrected chi connectivity index (χ2v) is 4.19. The third-order valence-electron chi connectivity index (χ3n) is 2.31. The predicted octanol–water partition coefficient (Wildman–Crippen LogP) is 3.19. The minimum Gasteiger partial charge on any atom is -0.495 e. The number of methoxy groups -OCH3 is 1. The maximum Gasteiger partial charge on any atom is 0.224 e. The largest absolute Gasteiger partial charge is 0.495 e. The molecule has 0 aliphatic heterocycles. The van der Waals surface area contributed by atoms with Gasteiger partial charge in [-0.1, -0.05) is 29.8 Å². The van der Waals surface area contributed by atoms with E-state index in [1.54, 1.807) is 25.0 Å². The number of hydrogen-bond acceptors (Lipinski definition) is 2. The van der Waals surface area contributed by atoms with Gasteiger partial charge in [0.1, 0.15) is 5.75 Å². The minimum atomic E-state index is -0.0522. The van der Waals surface area contributed by atoms with Gasteiger partial charge in [-0.3, -0.25) is 4.79 Å². The van der Waals surface area contributed by atoms with Gasteiger partial charge < -0.3 is 9.64 Å². The van der Waals surface area contributed by atoms with E-state index in [0.29, 0.717) is 17.3 Å². The number of rotatable bonds is 4. The fraction of sp³-hybridized carbons (Fsp3) is 0.308. The topological polar surface area (TPSA) is 29.5 Å².